The number of benzene rings is 2. The Balaban J connectivity index is 1.93. The Bertz CT molecular complexity index is 722. The molecule has 0 atom stereocenters. The van der Waals surface area contributed by atoms with Crippen molar-refractivity contribution in [2.24, 2.45) is 0 Å². The second-order valence-corrected chi connectivity index (χ2v) is 5.63. The summed E-state index contributed by atoms with van der Waals surface area (Å²) in [6, 6.07) is 11.5. The van der Waals surface area contributed by atoms with E-state index in [0.29, 0.717) is 10.7 Å². The van der Waals surface area contributed by atoms with Crippen molar-refractivity contribution in [2.45, 2.75) is 0 Å². The fraction of sp³-hybridized carbons (Fsp3) is 0.0667. The van der Waals surface area contributed by atoms with Crippen LogP contribution in [0.15, 0.2) is 46.9 Å². The van der Waals surface area contributed by atoms with Gasteiger partial charge in [-0.1, -0.05) is 23.7 Å². The number of ether oxygens (including phenoxy) is 1. The van der Waals surface area contributed by atoms with Gasteiger partial charge in [0.1, 0.15) is 0 Å². The minimum Gasteiger partial charge on any atom is -0.452 e. The predicted octanol–water partition coefficient (Wildman–Crippen LogP) is 3.48. The standard InChI is InChI=1S/C15H12BrClN2O3/c16-11-3-1-2-4-13(11)19-14(20)8-22-15(21)10-6-5-9(17)7-12(10)18/h1-7H,8,18H2,(H,19,20). The van der Waals surface area contributed by atoms with E-state index < -0.39 is 18.5 Å². The molecule has 0 radical (unpaired) electrons. The summed E-state index contributed by atoms with van der Waals surface area (Å²) in [6.45, 7) is -0.414. The number of esters is 1. The highest BCUT2D eigenvalue weighted by Gasteiger charge is 2.14. The minimum absolute atomic E-state index is 0.165. The van der Waals surface area contributed by atoms with Crippen LogP contribution in [0.3, 0.4) is 0 Å². The van der Waals surface area contributed by atoms with Gasteiger partial charge in [0.25, 0.3) is 5.91 Å². The van der Waals surface area contributed by atoms with Crippen molar-refractivity contribution in [3.63, 3.8) is 0 Å². The number of nitrogens with two attached hydrogens (primary N) is 1. The zero-order valence-corrected chi connectivity index (χ0v) is 13.6. The van der Waals surface area contributed by atoms with E-state index in [0.717, 1.165) is 4.47 Å². The molecule has 2 rings (SSSR count). The maximum atomic E-state index is 11.9. The van der Waals surface area contributed by atoms with Gasteiger partial charge in [0.15, 0.2) is 6.61 Å². The fourth-order valence-corrected chi connectivity index (χ4v) is 2.24. The van der Waals surface area contributed by atoms with E-state index in [-0.39, 0.29) is 11.3 Å². The molecule has 0 spiro atoms. The van der Waals surface area contributed by atoms with E-state index in [1.807, 2.05) is 6.07 Å². The molecule has 7 heteroatoms. The van der Waals surface area contributed by atoms with Crippen LogP contribution >= 0.6 is 27.5 Å². The molecule has 0 saturated heterocycles. The molecule has 2 aromatic carbocycles. The number of anilines is 2. The second-order valence-electron chi connectivity index (χ2n) is 4.34. The highest BCUT2D eigenvalue weighted by atomic mass is 79.9. The molecule has 5 nitrogen and oxygen atoms in total. The molecule has 1 amide bonds. The van der Waals surface area contributed by atoms with Crippen molar-refractivity contribution >= 4 is 50.8 Å². The van der Waals surface area contributed by atoms with Crippen LogP contribution in [-0.2, 0) is 9.53 Å². The maximum absolute atomic E-state index is 11.9. The van der Waals surface area contributed by atoms with Gasteiger partial charge in [0, 0.05) is 15.2 Å². The molecule has 2 aromatic rings. The van der Waals surface area contributed by atoms with Gasteiger partial charge in [0.05, 0.1) is 11.3 Å². The molecular weight excluding hydrogens is 372 g/mol. The minimum atomic E-state index is -0.684. The van der Waals surface area contributed by atoms with Crippen LogP contribution in [0.2, 0.25) is 5.02 Å². The Labute approximate surface area is 140 Å². The molecule has 22 heavy (non-hydrogen) atoms. The lowest BCUT2D eigenvalue weighted by Gasteiger charge is -2.09. The first-order valence-electron chi connectivity index (χ1n) is 6.24. The maximum Gasteiger partial charge on any atom is 0.340 e. The highest BCUT2D eigenvalue weighted by molar-refractivity contribution is 9.10. The third-order valence-corrected chi connectivity index (χ3v) is 3.64. The molecule has 0 aromatic heterocycles. The predicted molar refractivity (Wildman–Crippen MR) is 88.9 cm³/mol. The molecule has 0 unspecified atom stereocenters. The van der Waals surface area contributed by atoms with Crippen LogP contribution in [0.1, 0.15) is 10.4 Å². The summed E-state index contributed by atoms with van der Waals surface area (Å²) in [5.41, 5.74) is 6.64. The van der Waals surface area contributed by atoms with Crippen LogP contribution in [-0.4, -0.2) is 18.5 Å². The van der Waals surface area contributed by atoms with Crippen molar-refractivity contribution in [1.29, 1.82) is 0 Å². The third kappa shape index (κ3) is 4.22. The van der Waals surface area contributed by atoms with Crippen LogP contribution in [0.4, 0.5) is 11.4 Å². The number of nitrogen functional groups attached to an aromatic ring is 1. The third-order valence-electron chi connectivity index (χ3n) is 2.72. The molecule has 0 aliphatic rings. The van der Waals surface area contributed by atoms with Crippen LogP contribution < -0.4 is 11.1 Å². The Hall–Kier alpha value is -2.05. The van der Waals surface area contributed by atoms with Crippen molar-refractivity contribution in [1.82, 2.24) is 0 Å². The lowest BCUT2D eigenvalue weighted by molar-refractivity contribution is -0.119. The Kier molecular flexibility index (Phi) is 5.41. The van der Waals surface area contributed by atoms with E-state index in [4.69, 9.17) is 22.1 Å². The lowest BCUT2D eigenvalue weighted by atomic mass is 10.2. The molecule has 114 valence electrons. The number of hydrogen-bond acceptors (Lipinski definition) is 4. The van der Waals surface area contributed by atoms with E-state index >= 15 is 0 Å². The van der Waals surface area contributed by atoms with Crippen molar-refractivity contribution in [2.75, 3.05) is 17.7 Å². The molecule has 0 aliphatic carbocycles. The highest BCUT2D eigenvalue weighted by Crippen LogP contribution is 2.21. The number of amides is 1. The number of rotatable bonds is 4. The van der Waals surface area contributed by atoms with Crippen LogP contribution in [0, 0.1) is 0 Å². The van der Waals surface area contributed by atoms with Crippen LogP contribution in [0.25, 0.3) is 0 Å². The topological polar surface area (TPSA) is 81.4 Å². The molecule has 0 heterocycles. The summed E-state index contributed by atoms with van der Waals surface area (Å²) in [7, 11) is 0. The quantitative estimate of drug-likeness (QED) is 0.625. The average Bonchev–Trinajstić information content (AvgIpc) is 2.47. The molecule has 0 saturated carbocycles. The summed E-state index contributed by atoms with van der Waals surface area (Å²) in [6.07, 6.45) is 0. The lowest BCUT2D eigenvalue weighted by Crippen LogP contribution is -2.21. The molecule has 0 fully saturated rings. The summed E-state index contributed by atoms with van der Waals surface area (Å²) < 4.78 is 5.67. The monoisotopic (exact) mass is 382 g/mol. The largest absolute Gasteiger partial charge is 0.452 e. The number of halogens is 2. The zero-order chi connectivity index (χ0) is 16.1. The van der Waals surface area contributed by atoms with Gasteiger partial charge in [-0.25, -0.2) is 4.79 Å². The number of nitrogens with one attached hydrogen (secondary N) is 1. The van der Waals surface area contributed by atoms with E-state index in [1.165, 1.54) is 18.2 Å². The molecule has 0 aliphatic heterocycles. The summed E-state index contributed by atoms with van der Waals surface area (Å²) >= 11 is 9.06. The Morgan fingerprint density at radius 3 is 2.64 bits per heavy atom. The number of carbonyl (C=O) groups is 2. The Morgan fingerprint density at radius 1 is 1.23 bits per heavy atom. The van der Waals surface area contributed by atoms with Crippen LogP contribution in [0.5, 0.6) is 0 Å². The van der Waals surface area contributed by atoms with Gasteiger partial charge in [0.2, 0.25) is 0 Å². The van der Waals surface area contributed by atoms with Gasteiger partial charge in [-0.3, -0.25) is 4.79 Å². The number of para-hydroxylation sites is 1. The van der Waals surface area contributed by atoms with Crippen molar-refractivity contribution in [3.05, 3.63) is 57.5 Å². The normalized spacial score (nSPS) is 10.1. The number of carbonyl (C=O) groups excluding carboxylic acids is 2. The van der Waals surface area contributed by atoms with Gasteiger partial charge in [-0.05, 0) is 46.3 Å². The molecule has 3 N–H and O–H groups in total. The second kappa shape index (κ2) is 7.29. The fourth-order valence-electron chi connectivity index (χ4n) is 1.68. The summed E-state index contributed by atoms with van der Waals surface area (Å²) in [5, 5.41) is 3.04. The zero-order valence-electron chi connectivity index (χ0n) is 11.3. The Morgan fingerprint density at radius 2 is 1.95 bits per heavy atom. The van der Waals surface area contributed by atoms with Gasteiger partial charge in [-0.15, -0.1) is 0 Å². The first kappa shape index (κ1) is 16.3. The number of hydrogen-bond donors (Lipinski definition) is 2. The van der Waals surface area contributed by atoms with Gasteiger partial charge >= 0.3 is 5.97 Å². The smallest absolute Gasteiger partial charge is 0.340 e. The average molecular weight is 384 g/mol. The SMILES string of the molecule is Nc1cc(Cl)ccc1C(=O)OCC(=O)Nc1ccccc1Br. The van der Waals surface area contributed by atoms with Crippen molar-refractivity contribution < 1.29 is 14.3 Å². The van der Waals surface area contributed by atoms with E-state index in [9.17, 15) is 9.59 Å². The molecular formula is C15H12BrClN2O3. The van der Waals surface area contributed by atoms with E-state index in [1.54, 1.807) is 18.2 Å². The first-order valence-corrected chi connectivity index (χ1v) is 7.41. The van der Waals surface area contributed by atoms with Crippen molar-refractivity contribution in [3.8, 4) is 0 Å². The first-order chi connectivity index (χ1) is 10.5. The van der Waals surface area contributed by atoms with E-state index in [2.05, 4.69) is 21.2 Å². The summed E-state index contributed by atoms with van der Waals surface area (Å²) in [5.74, 6) is -1.13. The van der Waals surface area contributed by atoms with Gasteiger partial charge < -0.3 is 15.8 Å². The molecule has 0 bridgehead atoms. The van der Waals surface area contributed by atoms with Gasteiger partial charge in [-0.2, -0.15) is 0 Å². The summed E-state index contributed by atoms with van der Waals surface area (Å²) in [4.78, 5) is 23.6.